The van der Waals surface area contributed by atoms with E-state index < -0.39 is 0 Å². The van der Waals surface area contributed by atoms with Crippen molar-refractivity contribution in [3.63, 3.8) is 0 Å². The van der Waals surface area contributed by atoms with E-state index in [2.05, 4.69) is 22.0 Å². The number of aromatic nitrogens is 2. The van der Waals surface area contributed by atoms with Gasteiger partial charge >= 0.3 is 0 Å². The number of amides is 1. The Hall–Kier alpha value is -2.22. The van der Waals surface area contributed by atoms with Crippen LogP contribution in [-0.2, 0) is 13.0 Å². The molecule has 1 fully saturated rings. The molecule has 0 bridgehead atoms. The number of aliphatic hydroxyl groups excluding tert-OH is 1. The summed E-state index contributed by atoms with van der Waals surface area (Å²) in [6, 6.07) is 10.2. The lowest BCUT2D eigenvalue weighted by Gasteiger charge is -2.30. The van der Waals surface area contributed by atoms with Crippen LogP contribution in [0.15, 0.2) is 41.9 Å². The molecular formula is C21H26N4O2S. The minimum atomic E-state index is -0.285. The van der Waals surface area contributed by atoms with Crippen molar-refractivity contribution in [2.75, 3.05) is 26.7 Å². The normalized spacial score (nSPS) is 17.9. The molecule has 1 atom stereocenters. The number of thiazole rings is 1. The standard InChI is InChI=1S/C21H26N4O2S/c1-23(11-9-16-6-3-2-4-7-16)20(27)19-18(25-12-13-28-21(25)22-19)15-24-10-5-8-17(26)14-24/h2-4,6-7,12-13,17,26H,5,8-11,14-15H2,1H3/t17-/m0/s1. The summed E-state index contributed by atoms with van der Waals surface area (Å²) in [4.78, 5) is 22.6. The maximum atomic E-state index is 13.1. The summed E-state index contributed by atoms with van der Waals surface area (Å²) in [5.74, 6) is -0.0422. The number of carbonyl (C=O) groups is 1. The van der Waals surface area contributed by atoms with E-state index in [1.54, 1.807) is 4.90 Å². The molecule has 1 aromatic carbocycles. The second kappa shape index (κ2) is 8.43. The van der Waals surface area contributed by atoms with Gasteiger partial charge in [-0.25, -0.2) is 4.98 Å². The summed E-state index contributed by atoms with van der Waals surface area (Å²) >= 11 is 1.54. The third-order valence-electron chi connectivity index (χ3n) is 5.34. The van der Waals surface area contributed by atoms with E-state index in [9.17, 15) is 9.90 Å². The molecule has 0 radical (unpaired) electrons. The third-order valence-corrected chi connectivity index (χ3v) is 6.10. The number of aliphatic hydroxyl groups is 1. The number of piperidine rings is 1. The van der Waals surface area contributed by atoms with Crippen LogP contribution in [0.1, 0.15) is 34.6 Å². The van der Waals surface area contributed by atoms with Crippen molar-refractivity contribution in [2.24, 2.45) is 0 Å². The molecule has 0 aliphatic carbocycles. The lowest BCUT2D eigenvalue weighted by molar-refractivity contribution is 0.0654. The molecular weight excluding hydrogens is 372 g/mol. The van der Waals surface area contributed by atoms with Crippen LogP contribution in [-0.4, -0.2) is 63.0 Å². The second-order valence-electron chi connectivity index (χ2n) is 7.46. The fourth-order valence-electron chi connectivity index (χ4n) is 3.77. The van der Waals surface area contributed by atoms with Crippen molar-refractivity contribution in [1.29, 1.82) is 0 Å². The van der Waals surface area contributed by atoms with Crippen molar-refractivity contribution in [3.05, 3.63) is 58.9 Å². The fraction of sp³-hybridized carbons (Fsp3) is 0.429. The average molecular weight is 399 g/mol. The Balaban J connectivity index is 1.52. The Labute approximate surface area is 169 Å². The first-order valence-corrected chi connectivity index (χ1v) is 10.6. The van der Waals surface area contributed by atoms with E-state index in [0.29, 0.717) is 25.3 Å². The molecule has 6 nitrogen and oxygen atoms in total. The van der Waals surface area contributed by atoms with Crippen LogP contribution in [0, 0.1) is 0 Å². The smallest absolute Gasteiger partial charge is 0.274 e. The van der Waals surface area contributed by atoms with E-state index in [1.165, 1.54) is 16.9 Å². The molecule has 0 unspecified atom stereocenters. The SMILES string of the molecule is CN(CCc1ccccc1)C(=O)c1nc2sccn2c1CN1CCC[C@H](O)C1. The van der Waals surface area contributed by atoms with Crippen molar-refractivity contribution in [1.82, 2.24) is 19.2 Å². The van der Waals surface area contributed by atoms with E-state index in [4.69, 9.17) is 0 Å². The molecule has 1 amide bonds. The molecule has 3 aromatic rings. The molecule has 4 rings (SSSR count). The first-order valence-electron chi connectivity index (χ1n) is 9.76. The summed E-state index contributed by atoms with van der Waals surface area (Å²) in [7, 11) is 1.84. The minimum absolute atomic E-state index is 0.0422. The van der Waals surface area contributed by atoms with E-state index in [-0.39, 0.29) is 12.0 Å². The number of likely N-dealkylation sites (tertiary alicyclic amines) is 1. The highest BCUT2D eigenvalue weighted by molar-refractivity contribution is 7.15. The summed E-state index contributed by atoms with van der Waals surface area (Å²) in [6.07, 6.45) is 4.34. The highest BCUT2D eigenvalue weighted by Crippen LogP contribution is 2.22. The van der Waals surface area contributed by atoms with Crippen LogP contribution in [0.3, 0.4) is 0 Å². The number of benzene rings is 1. The van der Waals surface area contributed by atoms with Crippen molar-refractivity contribution in [2.45, 2.75) is 31.9 Å². The molecule has 28 heavy (non-hydrogen) atoms. The molecule has 1 aliphatic rings. The Bertz CT molecular complexity index is 936. The van der Waals surface area contributed by atoms with E-state index in [0.717, 1.165) is 36.5 Å². The summed E-state index contributed by atoms with van der Waals surface area (Å²) < 4.78 is 2.02. The predicted octanol–water partition coefficient (Wildman–Crippen LogP) is 2.67. The number of hydrogen-bond acceptors (Lipinski definition) is 5. The van der Waals surface area contributed by atoms with E-state index >= 15 is 0 Å². The van der Waals surface area contributed by atoms with E-state index in [1.807, 2.05) is 41.2 Å². The molecule has 7 heteroatoms. The second-order valence-corrected chi connectivity index (χ2v) is 8.33. The summed E-state index contributed by atoms with van der Waals surface area (Å²) in [6.45, 7) is 2.86. The lowest BCUT2D eigenvalue weighted by Crippen LogP contribution is -2.38. The van der Waals surface area contributed by atoms with Crippen LogP contribution < -0.4 is 0 Å². The van der Waals surface area contributed by atoms with Crippen molar-refractivity contribution in [3.8, 4) is 0 Å². The average Bonchev–Trinajstić information content (AvgIpc) is 3.29. The molecule has 1 N–H and O–H groups in total. The first kappa shape index (κ1) is 19.1. The third kappa shape index (κ3) is 4.11. The van der Waals surface area contributed by atoms with Gasteiger partial charge in [-0.2, -0.15) is 0 Å². The van der Waals surface area contributed by atoms with Gasteiger partial charge in [0, 0.05) is 38.3 Å². The highest BCUT2D eigenvalue weighted by Gasteiger charge is 2.26. The number of rotatable bonds is 6. The minimum Gasteiger partial charge on any atom is -0.392 e. The monoisotopic (exact) mass is 398 g/mol. The Morgan fingerprint density at radius 3 is 2.96 bits per heavy atom. The van der Waals surface area contributed by atoms with Gasteiger partial charge in [0.2, 0.25) is 0 Å². The molecule has 0 spiro atoms. The van der Waals surface area contributed by atoms with Gasteiger partial charge in [0.25, 0.3) is 5.91 Å². The zero-order valence-electron chi connectivity index (χ0n) is 16.1. The highest BCUT2D eigenvalue weighted by atomic mass is 32.1. The van der Waals surface area contributed by atoms with Crippen LogP contribution in [0.4, 0.5) is 0 Å². The van der Waals surface area contributed by atoms with Crippen molar-refractivity contribution < 1.29 is 9.90 Å². The van der Waals surface area contributed by atoms with Crippen LogP contribution >= 0.6 is 11.3 Å². The van der Waals surface area contributed by atoms with Gasteiger partial charge < -0.3 is 10.0 Å². The number of imidazole rings is 1. The molecule has 3 heterocycles. The fourth-order valence-corrected chi connectivity index (χ4v) is 4.50. The Kier molecular flexibility index (Phi) is 5.75. The zero-order chi connectivity index (χ0) is 19.5. The Morgan fingerprint density at radius 1 is 1.36 bits per heavy atom. The number of hydrogen-bond donors (Lipinski definition) is 1. The lowest BCUT2D eigenvalue weighted by atomic mass is 10.1. The van der Waals surface area contributed by atoms with Gasteiger partial charge in [0.1, 0.15) is 0 Å². The Morgan fingerprint density at radius 2 is 2.18 bits per heavy atom. The number of nitrogens with zero attached hydrogens (tertiary/aromatic N) is 4. The van der Waals surface area contributed by atoms with Crippen LogP contribution in [0.25, 0.3) is 4.96 Å². The number of carbonyl (C=O) groups excluding carboxylic acids is 1. The predicted molar refractivity (Wildman–Crippen MR) is 111 cm³/mol. The number of β-amino-alcohol motifs (C(OH)–C–C–N with tert-alkyl or cyclic N) is 1. The molecule has 1 aliphatic heterocycles. The molecule has 1 saturated heterocycles. The summed E-state index contributed by atoms with van der Waals surface area (Å²) in [5, 5.41) is 12.0. The summed E-state index contributed by atoms with van der Waals surface area (Å²) in [5.41, 5.74) is 2.67. The van der Waals surface area contributed by atoms with Gasteiger partial charge in [-0.15, -0.1) is 11.3 Å². The number of fused-ring (bicyclic) bond motifs is 1. The quantitative estimate of drug-likeness (QED) is 0.694. The van der Waals surface area contributed by atoms with Gasteiger partial charge in [0.05, 0.1) is 11.8 Å². The van der Waals surface area contributed by atoms with Crippen molar-refractivity contribution >= 4 is 22.2 Å². The maximum Gasteiger partial charge on any atom is 0.274 e. The maximum absolute atomic E-state index is 13.1. The zero-order valence-corrected chi connectivity index (χ0v) is 16.9. The van der Waals surface area contributed by atoms with Gasteiger partial charge in [-0.3, -0.25) is 14.1 Å². The largest absolute Gasteiger partial charge is 0.392 e. The topological polar surface area (TPSA) is 61.1 Å². The molecule has 2 aromatic heterocycles. The van der Waals surface area contributed by atoms with Gasteiger partial charge in [-0.1, -0.05) is 30.3 Å². The molecule has 0 saturated carbocycles. The van der Waals surface area contributed by atoms with Crippen LogP contribution in [0.2, 0.25) is 0 Å². The van der Waals surface area contributed by atoms with Gasteiger partial charge in [-0.05, 0) is 31.4 Å². The van der Waals surface area contributed by atoms with Gasteiger partial charge in [0.15, 0.2) is 10.7 Å². The van der Waals surface area contributed by atoms with Crippen LogP contribution in [0.5, 0.6) is 0 Å². The number of likely N-dealkylation sites (N-methyl/N-ethyl adjacent to an activating group) is 1. The first-order chi connectivity index (χ1) is 13.6. The molecule has 148 valence electrons.